The molecule has 0 saturated carbocycles. The van der Waals surface area contributed by atoms with Crippen LogP contribution in [-0.2, 0) is 14.8 Å². The third kappa shape index (κ3) is 4.03. The van der Waals surface area contributed by atoms with E-state index in [9.17, 15) is 8.42 Å². The highest BCUT2D eigenvalue weighted by molar-refractivity contribution is 7.89. The molecule has 5 nitrogen and oxygen atoms in total. The van der Waals surface area contributed by atoms with Gasteiger partial charge in [0.25, 0.3) is 0 Å². The van der Waals surface area contributed by atoms with Gasteiger partial charge in [0, 0.05) is 26.8 Å². The summed E-state index contributed by atoms with van der Waals surface area (Å²) in [4.78, 5) is 0.232. The summed E-state index contributed by atoms with van der Waals surface area (Å²) >= 11 is 0. The monoisotopic (exact) mass is 308 g/mol. The van der Waals surface area contributed by atoms with Gasteiger partial charge in [0.15, 0.2) is 0 Å². The molecule has 0 unspecified atom stereocenters. The molecule has 1 aromatic rings. The van der Waals surface area contributed by atoms with E-state index in [0.29, 0.717) is 18.0 Å². The lowest BCUT2D eigenvalue weighted by molar-refractivity contribution is 0.0628. The molecule has 21 heavy (non-hydrogen) atoms. The largest absolute Gasteiger partial charge is 0.381 e. The molecule has 0 spiro atoms. The lowest BCUT2D eigenvalue weighted by Gasteiger charge is -2.24. The molecule has 0 radical (unpaired) electrons. The van der Waals surface area contributed by atoms with Gasteiger partial charge in [-0.1, -0.05) is 0 Å². The average molecular weight is 308 g/mol. The van der Waals surface area contributed by atoms with Gasteiger partial charge in [0.1, 0.15) is 0 Å². The second-order valence-corrected chi connectivity index (χ2v) is 7.35. The molecule has 0 bridgehead atoms. The van der Waals surface area contributed by atoms with Crippen LogP contribution in [0.15, 0.2) is 29.2 Å². The SMILES string of the molecule is CN(CCC1CCOCC1)S(=O)(=O)c1ccc(C#N)cc1. The molecule has 1 aromatic carbocycles. The first-order chi connectivity index (χ1) is 10.0. The first-order valence-corrected chi connectivity index (χ1v) is 8.52. The Labute approximate surface area is 126 Å². The van der Waals surface area contributed by atoms with Crippen LogP contribution < -0.4 is 0 Å². The number of rotatable bonds is 5. The fraction of sp³-hybridized carbons (Fsp3) is 0.533. The Bertz CT molecular complexity index is 599. The number of hydrogen-bond donors (Lipinski definition) is 0. The van der Waals surface area contributed by atoms with Crippen LogP contribution in [-0.4, -0.2) is 39.5 Å². The summed E-state index contributed by atoms with van der Waals surface area (Å²) in [6.45, 7) is 2.06. The predicted molar refractivity (Wildman–Crippen MR) is 79.1 cm³/mol. The van der Waals surface area contributed by atoms with Gasteiger partial charge in [0.2, 0.25) is 10.0 Å². The Morgan fingerprint density at radius 1 is 1.29 bits per heavy atom. The van der Waals surface area contributed by atoms with Crippen molar-refractivity contribution in [3.63, 3.8) is 0 Å². The minimum absolute atomic E-state index is 0.232. The molecule has 0 amide bonds. The number of hydrogen-bond acceptors (Lipinski definition) is 4. The number of sulfonamides is 1. The number of nitrogens with zero attached hydrogens (tertiary/aromatic N) is 2. The predicted octanol–water partition coefficient (Wildman–Crippen LogP) is 2.00. The van der Waals surface area contributed by atoms with E-state index in [1.165, 1.54) is 28.6 Å². The van der Waals surface area contributed by atoms with E-state index in [1.807, 2.05) is 6.07 Å². The van der Waals surface area contributed by atoms with Gasteiger partial charge < -0.3 is 4.74 Å². The zero-order valence-electron chi connectivity index (χ0n) is 12.2. The second-order valence-electron chi connectivity index (χ2n) is 5.31. The average Bonchev–Trinajstić information content (AvgIpc) is 2.53. The smallest absolute Gasteiger partial charge is 0.242 e. The summed E-state index contributed by atoms with van der Waals surface area (Å²) in [6.07, 6.45) is 2.87. The molecule has 2 rings (SSSR count). The van der Waals surface area contributed by atoms with E-state index in [0.717, 1.165) is 32.5 Å². The molecule has 1 aliphatic heterocycles. The Hall–Kier alpha value is -1.42. The summed E-state index contributed by atoms with van der Waals surface area (Å²) < 4.78 is 31.5. The molecule has 0 aromatic heterocycles. The molecule has 6 heteroatoms. The molecule has 1 saturated heterocycles. The quantitative estimate of drug-likeness (QED) is 0.834. The zero-order chi connectivity index (χ0) is 15.3. The fourth-order valence-corrected chi connectivity index (χ4v) is 3.59. The first-order valence-electron chi connectivity index (χ1n) is 7.08. The highest BCUT2D eigenvalue weighted by Crippen LogP contribution is 2.21. The topological polar surface area (TPSA) is 70.4 Å². The van der Waals surface area contributed by atoms with Crippen LogP contribution >= 0.6 is 0 Å². The van der Waals surface area contributed by atoms with E-state index in [1.54, 1.807) is 7.05 Å². The molecule has 0 aliphatic carbocycles. The van der Waals surface area contributed by atoms with Gasteiger partial charge in [-0.25, -0.2) is 12.7 Å². The maximum Gasteiger partial charge on any atom is 0.242 e. The van der Waals surface area contributed by atoms with Crippen molar-refractivity contribution >= 4 is 10.0 Å². The van der Waals surface area contributed by atoms with Crippen molar-refractivity contribution < 1.29 is 13.2 Å². The molecule has 114 valence electrons. The maximum atomic E-state index is 12.4. The standard InChI is InChI=1S/C15H20N2O3S/c1-17(9-6-13-7-10-20-11-8-13)21(18,19)15-4-2-14(12-16)3-5-15/h2-5,13H,6-11H2,1H3. The van der Waals surface area contributed by atoms with Gasteiger partial charge in [0.05, 0.1) is 16.5 Å². The van der Waals surface area contributed by atoms with Crippen molar-refractivity contribution in [2.75, 3.05) is 26.8 Å². The highest BCUT2D eigenvalue weighted by atomic mass is 32.2. The lowest BCUT2D eigenvalue weighted by atomic mass is 9.97. The van der Waals surface area contributed by atoms with Gasteiger partial charge >= 0.3 is 0 Å². The van der Waals surface area contributed by atoms with Gasteiger partial charge in [-0.05, 0) is 49.4 Å². The maximum absolute atomic E-state index is 12.4. The van der Waals surface area contributed by atoms with Crippen LogP contribution in [0.5, 0.6) is 0 Å². The van der Waals surface area contributed by atoms with E-state index < -0.39 is 10.0 Å². The van der Waals surface area contributed by atoms with Gasteiger partial charge in [-0.3, -0.25) is 0 Å². The van der Waals surface area contributed by atoms with E-state index in [4.69, 9.17) is 10.00 Å². The van der Waals surface area contributed by atoms with Crippen molar-refractivity contribution in [1.29, 1.82) is 5.26 Å². The van der Waals surface area contributed by atoms with Gasteiger partial charge in [-0.2, -0.15) is 5.26 Å². The minimum Gasteiger partial charge on any atom is -0.381 e. The normalized spacial score (nSPS) is 16.8. The molecular formula is C15H20N2O3S. The van der Waals surface area contributed by atoms with E-state index in [-0.39, 0.29) is 4.90 Å². The second kappa shape index (κ2) is 7.03. The van der Waals surface area contributed by atoms with Crippen molar-refractivity contribution in [2.24, 2.45) is 5.92 Å². The number of ether oxygens (including phenoxy) is 1. The Kier molecular flexibility index (Phi) is 5.34. The molecule has 1 heterocycles. The summed E-state index contributed by atoms with van der Waals surface area (Å²) in [6, 6.07) is 8.01. The minimum atomic E-state index is -3.47. The third-order valence-electron chi connectivity index (χ3n) is 3.88. The van der Waals surface area contributed by atoms with Crippen LogP contribution in [0.3, 0.4) is 0 Å². The van der Waals surface area contributed by atoms with E-state index >= 15 is 0 Å². The Morgan fingerprint density at radius 2 is 1.90 bits per heavy atom. The molecule has 0 N–H and O–H groups in total. The van der Waals surface area contributed by atoms with Crippen molar-refractivity contribution in [2.45, 2.75) is 24.2 Å². The number of nitriles is 1. The summed E-state index contributed by atoms with van der Waals surface area (Å²) in [7, 11) is -1.87. The third-order valence-corrected chi connectivity index (χ3v) is 5.76. The van der Waals surface area contributed by atoms with Crippen LogP contribution in [0.4, 0.5) is 0 Å². The molecule has 1 aliphatic rings. The van der Waals surface area contributed by atoms with Crippen molar-refractivity contribution in [1.82, 2.24) is 4.31 Å². The van der Waals surface area contributed by atoms with E-state index in [2.05, 4.69) is 0 Å². The molecule has 0 atom stereocenters. The Balaban J connectivity index is 1.98. The van der Waals surface area contributed by atoms with Crippen molar-refractivity contribution in [3.05, 3.63) is 29.8 Å². The molecule has 1 fully saturated rings. The highest BCUT2D eigenvalue weighted by Gasteiger charge is 2.22. The van der Waals surface area contributed by atoms with Crippen LogP contribution in [0, 0.1) is 17.2 Å². The zero-order valence-corrected chi connectivity index (χ0v) is 13.0. The van der Waals surface area contributed by atoms with Crippen LogP contribution in [0.1, 0.15) is 24.8 Å². The lowest BCUT2D eigenvalue weighted by Crippen LogP contribution is -2.30. The summed E-state index contributed by atoms with van der Waals surface area (Å²) in [5.41, 5.74) is 0.457. The number of benzene rings is 1. The molecular weight excluding hydrogens is 288 g/mol. The van der Waals surface area contributed by atoms with Gasteiger partial charge in [-0.15, -0.1) is 0 Å². The Morgan fingerprint density at radius 3 is 2.48 bits per heavy atom. The van der Waals surface area contributed by atoms with Crippen molar-refractivity contribution in [3.8, 4) is 6.07 Å². The van der Waals surface area contributed by atoms with Crippen LogP contribution in [0.2, 0.25) is 0 Å². The first kappa shape index (κ1) is 16.0. The summed E-state index contributed by atoms with van der Waals surface area (Å²) in [5, 5.41) is 8.75. The van der Waals surface area contributed by atoms with Crippen LogP contribution in [0.25, 0.3) is 0 Å². The summed E-state index contributed by atoms with van der Waals surface area (Å²) in [5.74, 6) is 0.539. The fourth-order valence-electron chi connectivity index (χ4n) is 2.40.